The molecule has 1 fully saturated rings. The molecule has 4 nitrogen and oxygen atoms in total. The van der Waals surface area contributed by atoms with E-state index < -0.39 is 0 Å². The number of rotatable bonds is 1. The SMILES string of the molecule is CC(C)(C)N1CC(C(=O)N2CCc3ccccc3C2)CC1=O. The summed E-state index contributed by atoms with van der Waals surface area (Å²) in [4.78, 5) is 28.7. The Morgan fingerprint density at radius 2 is 1.86 bits per heavy atom. The van der Waals surface area contributed by atoms with Gasteiger partial charge in [0.15, 0.2) is 0 Å². The van der Waals surface area contributed by atoms with Crippen LogP contribution in [0.4, 0.5) is 0 Å². The molecule has 0 aromatic heterocycles. The molecule has 4 heteroatoms. The Bertz CT molecular complexity index is 603. The molecule has 1 unspecified atom stereocenters. The van der Waals surface area contributed by atoms with Gasteiger partial charge in [-0.3, -0.25) is 9.59 Å². The number of hydrogen-bond acceptors (Lipinski definition) is 2. The van der Waals surface area contributed by atoms with Gasteiger partial charge >= 0.3 is 0 Å². The van der Waals surface area contributed by atoms with E-state index in [0.29, 0.717) is 19.5 Å². The van der Waals surface area contributed by atoms with Crippen molar-refractivity contribution in [2.75, 3.05) is 13.1 Å². The van der Waals surface area contributed by atoms with Crippen molar-refractivity contribution in [3.63, 3.8) is 0 Å². The molecule has 0 aliphatic carbocycles. The fraction of sp³-hybridized carbons (Fsp3) is 0.556. The summed E-state index contributed by atoms with van der Waals surface area (Å²) in [5.41, 5.74) is 2.37. The maximum Gasteiger partial charge on any atom is 0.228 e. The van der Waals surface area contributed by atoms with E-state index in [2.05, 4.69) is 12.1 Å². The molecular formula is C18H24N2O2. The highest BCUT2D eigenvalue weighted by Gasteiger charge is 2.41. The zero-order valence-electron chi connectivity index (χ0n) is 13.6. The van der Waals surface area contributed by atoms with E-state index in [-0.39, 0.29) is 23.3 Å². The van der Waals surface area contributed by atoms with Crippen LogP contribution in [0.1, 0.15) is 38.3 Å². The molecule has 1 atom stereocenters. The fourth-order valence-electron chi connectivity index (χ4n) is 3.46. The monoisotopic (exact) mass is 300 g/mol. The van der Waals surface area contributed by atoms with Crippen LogP contribution >= 0.6 is 0 Å². The van der Waals surface area contributed by atoms with Crippen molar-refractivity contribution >= 4 is 11.8 Å². The van der Waals surface area contributed by atoms with Gasteiger partial charge in [0.05, 0.1) is 5.92 Å². The average Bonchev–Trinajstić information content (AvgIpc) is 2.88. The molecule has 118 valence electrons. The molecule has 3 rings (SSSR count). The molecule has 2 amide bonds. The van der Waals surface area contributed by atoms with Gasteiger partial charge in [-0.05, 0) is 38.3 Å². The largest absolute Gasteiger partial charge is 0.338 e. The molecule has 1 saturated heterocycles. The Labute approximate surface area is 132 Å². The first-order valence-corrected chi connectivity index (χ1v) is 8.02. The first kappa shape index (κ1) is 15.1. The molecule has 0 saturated carbocycles. The predicted molar refractivity (Wildman–Crippen MR) is 85.1 cm³/mol. The zero-order valence-corrected chi connectivity index (χ0v) is 13.6. The quantitative estimate of drug-likeness (QED) is 0.798. The lowest BCUT2D eigenvalue weighted by molar-refractivity contribution is -0.136. The molecule has 0 radical (unpaired) electrons. The summed E-state index contributed by atoms with van der Waals surface area (Å²) in [5.74, 6) is 0.0508. The van der Waals surface area contributed by atoms with Gasteiger partial charge < -0.3 is 9.80 Å². The van der Waals surface area contributed by atoms with Crippen LogP contribution in [0.2, 0.25) is 0 Å². The van der Waals surface area contributed by atoms with Crippen molar-refractivity contribution in [1.82, 2.24) is 9.80 Å². The second kappa shape index (κ2) is 5.41. The van der Waals surface area contributed by atoms with Crippen molar-refractivity contribution in [3.05, 3.63) is 35.4 Å². The van der Waals surface area contributed by atoms with Gasteiger partial charge in [0.2, 0.25) is 11.8 Å². The van der Waals surface area contributed by atoms with E-state index in [1.54, 1.807) is 0 Å². The first-order chi connectivity index (χ1) is 10.4. The zero-order chi connectivity index (χ0) is 15.9. The summed E-state index contributed by atoms with van der Waals surface area (Å²) in [6.07, 6.45) is 1.26. The molecule has 2 aliphatic heterocycles. The Kier molecular flexibility index (Phi) is 3.71. The smallest absolute Gasteiger partial charge is 0.228 e. The number of carbonyl (C=O) groups excluding carboxylic acids is 2. The van der Waals surface area contributed by atoms with E-state index in [0.717, 1.165) is 13.0 Å². The van der Waals surface area contributed by atoms with E-state index in [1.165, 1.54) is 11.1 Å². The standard InChI is InChI=1S/C18H24N2O2/c1-18(2,3)20-12-15(10-16(20)21)17(22)19-9-8-13-6-4-5-7-14(13)11-19/h4-7,15H,8-12H2,1-3H3. The van der Waals surface area contributed by atoms with Gasteiger partial charge in [0.25, 0.3) is 0 Å². The summed E-state index contributed by atoms with van der Waals surface area (Å²) in [7, 11) is 0. The Morgan fingerprint density at radius 3 is 2.50 bits per heavy atom. The molecular weight excluding hydrogens is 276 g/mol. The number of fused-ring (bicyclic) bond motifs is 1. The van der Waals surface area contributed by atoms with Crippen LogP contribution in [0.3, 0.4) is 0 Å². The van der Waals surface area contributed by atoms with Crippen LogP contribution in [0.5, 0.6) is 0 Å². The van der Waals surface area contributed by atoms with Crippen molar-refractivity contribution in [2.45, 2.75) is 45.7 Å². The molecule has 2 aliphatic rings. The number of hydrogen-bond donors (Lipinski definition) is 0. The van der Waals surface area contributed by atoms with Gasteiger partial charge in [-0.15, -0.1) is 0 Å². The Hall–Kier alpha value is -1.84. The topological polar surface area (TPSA) is 40.6 Å². The number of benzene rings is 1. The van der Waals surface area contributed by atoms with Gasteiger partial charge in [-0.25, -0.2) is 0 Å². The van der Waals surface area contributed by atoms with Crippen molar-refractivity contribution < 1.29 is 9.59 Å². The molecule has 2 heterocycles. The van der Waals surface area contributed by atoms with Gasteiger partial charge in [-0.1, -0.05) is 24.3 Å². The van der Waals surface area contributed by atoms with Gasteiger partial charge in [0, 0.05) is 31.6 Å². The number of likely N-dealkylation sites (tertiary alicyclic amines) is 1. The molecule has 0 N–H and O–H groups in total. The average molecular weight is 300 g/mol. The summed E-state index contributed by atoms with van der Waals surface area (Å²) >= 11 is 0. The molecule has 1 aromatic carbocycles. The van der Waals surface area contributed by atoms with E-state index in [4.69, 9.17) is 0 Å². The maximum atomic E-state index is 12.8. The highest BCUT2D eigenvalue weighted by Crippen LogP contribution is 2.28. The first-order valence-electron chi connectivity index (χ1n) is 8.02. The molecule has 0 spiro atoms. The Morgan fingerprint density at radius 1 is 1.18 bits per heavy atom. The number of amides is 2. The second-order valence-electron chi connectivity index (χ2n) is 7.35. The lowest BCUT2D eigenvalue weighted by Gasteiger charge is -2.33. The summed E-state index contributed by atoms with van der Waals surface area (Å²) in [5, 5.41) is 0. The number of carbonyl (C=O) groups is 2. The van der Waals surface area contributed by atoms with Crippen LogP contribution < -0.4 is 0 Å². The van der Waals surface area contributed by atoms with Gasteiger partial charge in [0.1, 0.15) is 0 Å². The third kappa shape index (κ3) is 2.74. The summed E-state index contributed by atoms with van der Waals surface area (Å²) in [6, 6.07) is 8.30. The van der Waals surface area contributed by atoms with Crippen molar-refractivity contribution in [1.29, 1.82) is 0 Å². The highest BCUT2D eigenvalue weighted by molar-refractivity contribution is 5.89. The normalized spacial score (nSPS) is 22.0. The summed E-state index contributed by atoms with van der Waals surface area (Å²) in [6.45, 7) is 8.06. The van der Waals surface area contributed by atoms with Crippen LogP contribution in [0.25, 0.3) is 0 Å². The predicted octanol–water partition coefficient (Wildman–Crippen LogP) is 2.22. The Balaban J connectivity index is 1.70. The van der Waals surface area contributed by atoms with Crippen LogP contribution in [-0.4, -0.2) is 40.2 Å². The lowest BCUT2D eigenvalue weighted by Crippen LogP contribution is -2.44. The maximum absolute atomic E-state index is 12.8. The molecule has 1 aromatic rings. The highest BCUT2D eigenvalue weighted by atomic mass is 16.2. The van der Waals surface area contributed by atoms with E-state index in [1.807, 2.05) is 42.7 Å². The van der Waals surface area contributed by atoms with E-state index in [9.17, 15) is 9.59 Å². The van der Waals surface area contributed by atoms with Crippen LogP contribution in [0, 0.1) is 5.92 Å². The lowest BCUT2D eigenvalue weighted by atomic mass is 9.98. The van der Waals surface area contributed by atoms with E-state index >= 15 is 0 Å². The van der Waals surface area contributed by atoms with Crippen LogP contribution in [-0.2, 0) is 22.6 Å². The fourth-order valence-corrected chi connectivity index (χ4v) is 3.46. The minimum absolute atomic E-state index is 0.100. The third-order valence-corrected chi connectivity index (χ3v) is 4.73. The minimum atomic E-state index is -0.208. The second-order valence-corrected chi connectivity index (χ2v) is 7.35. The molecule has 0 bridgehead atoms. The number of nitrogens with zero attached hydrogens (tertiary/aromatic N) is 2. The van der Waals surface area contributed by atoms with Gasteiger partial charge in [-0.2, -0.15) is 0 Å². The summed E-state index contributed by atoms with van der Waals surface area (Å²) < 4.78 is 0. The third-order valence-electron chi connectivity index (χ3n) is 4.73. The minimum Gasteiger partial charge on any atom is -0.338 e. The molecule has 22 heavy (non-hydrogen) atoms. The van der Waals surface area contributed by atoms with Crippen LogP contribution in [0.15, 0.2) is 24.3 Å². The van der Waals surface area contributed by atoms with Crippen molar-refractivity contribution in [3.8, 4) is 0 Å². The van der Waals surface area contributed by atoms with Crippen molar-refractivity contribution in [2.24, 2.45) is 5.92 Å².